The molecule has 0 unspecified atom stereocenters. The summed E-state index contributed by atoms with van der Waals surface area (Å²) >= 11 is 1.51. The van der Waals surface area contributed by atoms with Crippen LogP contribution in [0.2, 0.25) is 0 Å². The summed E-state index contributed by atoms with van der Waals surface area (Å²) < 4.78 is 0. The lowest BCUT2D eigenvalue weighted by Crippen LogP contribution is -2.39. The minimum atomic E-state index is -0.800. The van der Waals surface area contributed by atoms with Gasteiger partial charge in [0, 0.05) is 10.8 Å². The largest absolute Gasteiger partial charge is 0.508 e. The molecule has 1 saturated heterocycles. The number of phenols is 1. The van der Waals surface area contributed by atoms with Gasteiger partial charge >= 0.3 is 0 Å². The van der Waals surface area contributed by atoms with Crippen LogP contribution in [0.1, 0.15) is 56.4 Å². The van der Waals surface area contributed by atoms with Crippen LogP contribution in [0.15, 0.2) is 58.5 Å². The molecule has 6 nitrogen and oxygen atoms in total. The van der Waals surface area contributed by atoms with Crippen molar-refractivity contribution in [3.8, 4) is 5.75 Å². The van der Waals surface area contributed by atoms with Crippen molar-refractivity contribution >= 4 is 29.2 Å². The molecule has 2 aliphatic rings. The molecule has 0 saturated carbocycles. The molecule has 7 heteroatoms. The Kier molecular flexibility index (Phi) is 8.44. The highest BCUT2D eigenvalue weighted by Gasteiger charge is 2.54. The number of allylic oxidation sites excluding steroid dienone is 2. The van der Waals surface area contributed by atoms with Crippen molar-refractivity contribution in [2.75, 3.05) is 6.61 Å². The number of amides is 2. The number of phenolic OH excluding ortho intramolecular Hbond substituents is 1. The maximum Gasteiger partial charge on any atom is 0.234 e. The first-order valence-electron chi connectivity index (χ1n) is 12.7. The molecule has 4 rings (SSSR count). The zero-order valence-corrected chi connectivity index (χ0v) is 21.7. The number of aliphatic hydroxyl groups is 2. The average Bonchev–Trinajstić information content (AvgIpc) is 3.45. The van der Waals surface area contributed by atoms with E-state index in [1.165, 1.54) is 16.2 Å². The highest BCUT2D eigenvalue weighted by molar-refractivity contribution is 7.09. The van der Waals surface area contributed by atoms with E-state index in [4.69, 9.17) is 0 Å². The Morgan fingerprint density at radius 2 is 2.03 bits per heavy atom. The van der Waals surface area contributed by atoms with E-state index in [1.807, 2.05) is 36.6 Å². The number of hydrogen-bond acceptors (Lipinski definition) is 6. The Morgan fingerprint density at radius 1 is 1.22 bits per heavy atom. The van der Waals surface area contributed by atoms with E-state index in [9.17, 15) is 24.9 Å². The van der Waals surface area contributed by atoms with Crippen LogP contribution in [0.3, 0.4) is 0 Å². The summed E-state index contributed by atoms with van der Waals surface area (Å²) in [6.07, 6.45) is 4.32. The van der Waals surface area contributed by atoms with Crippen LogP contribution in [0.4, 0.5) is 0 Å². The molecule has 0 bridgehead atoms. The third-order valence-electron chi connectivity index (χ3n) is 7.37. The fourth-order valence-electron chi connectivity index (χ4n) is 5.77. The van der Waals surface area contributed by atoms with E-state index in [2.05, 4.69) is 6.92 Å². The second-order valence-corrected chi connectivity index (χ2v) is 10.9. The number of fused-ring (bicyclic) bond motifs is 1. The van der Waals surface area contributed by atoms with Gasteiger partial charge in [0.1, 0.15) is 5.75 Å². The van der Waals surface area contributed by atoms with Crippen molar-refractivity contribution in [1.29, 1.82) is 0 Å². The molecule has 2 aromatic rings. The summed E-state index contributed by atoms with van der Waals surface area (Å²) in [6, 6.07) is 10.8. The Morgan fingerprint density at radius 3 is 2.69 bits per heavy atom. The lowest BCUT2D eigenvalue weighted by Gasteiger charge is -2.36. The summed E-state index contributed by atoms with van der Waals surface area (Å²) in [4.78, 5) is 29.0. The summed E-state index contributed by atoms with van der Waals surface area (Å²) in [5, 5.41) is 33.4. The van der Waals surface area contributed by atoms with Gasteiger partial charge in [-0.1, -0.05) is 48.8 Å². The SMILES string of the molecule is CCCC1=C([C@H](O)CC/C(C)=C/c2cccc(O)c2)[C@H](CO)[C@@H]2C(=O)N(Cc3cccs3)C(=O)[C@@H]2C1. The minimum Gasteiger partial charge on any atom is -0.508 e. The topological polar surface area (TPSA) is 98.1 Å². The lowest BCUT2D eigenvalue weighted by molar-refractivity contribution is -0.140. The number of hydrogen-bond donors (Lipinski definition) is 3. The second kappa shape index (κ2) is 11.5. The number of carbonyl (C=O) groups is 2. The van der Waals surface area contributed by atoms with Crippen LogP contribution < -0.4 is 0 Å². The quantitative estimate of drug-likeness (QED) is 0.312. The van der Waals surface area contributed by atoms with Gasteiger partial charge in [-0.05, 0) is 67.3 Å². The van der Waals surface area contributed by atoms with Gasteiger partial charge in [-0.15, -0.1) is 11.3 Å². The first-order valence-corrected chi connectivity index (χ1v) is 13.6. The Balaban J connectivity index is 1.55. The van der Waals surface area contributed by atoms with Crippen molar-refractivity contribution in [3.63, 3.8) is 0 Å². The van der Waals surface area contributed by atoms with E-state index in [-0.39, 0.29) is 30.7 Å². The van der Waals surface area contributed by atoms with Gasteiger partial charge in [0.25, 0.3) is 0 Å². The van der Waals surface area contributed by atoms with Gasteiger partial charge < -0.3 is 15.3 Å². The smallest absolute Gasteiger partial charge is 0.234 e. The van der Waals surface area contributed by atoms with Gasteiger partial charge in [-0.25, -0.2) is 0 Å². The van der Waals surface area contributed by atoms with Gasteiger partial charge in [0.05, 0.1) is 31.1 Å². The average molecular weight is 510 g/mol. The summed E-state index contributed by atoms with van der Waals surface area (Å²) in [6.45, 7) is 4.04. The summed E-state index contributed by atoms with van der Waals surface area (Å²) in [5.41, 5.74) is 3.72. The molecule has 1 aromatic carbocycles. The number of aliphatic hydroxyl groups excluding tert-OH is 2. The van der Waals surface area contributed by atoms with Crippen LogP contribution in [-0.2, 0) is 16.1 Å². The van der Waals surface area contributed by atoms with Crippen molar-refractivity contribution < 1.29 is 24.9 Å². The molecule has 4 atom stereocenters. The minimum absolute atomic E-state index is 0.163. The number of rotatable bonds is 10. The Labute approximate surface area is 216 Å². The number of nitrogens with zero attached hydrogens (tertiary/aromatic N) is 1. The van der Waals surface area contributed by atoms with E-state index in [1.54, 1.807) is 18.2 Å². The molecule has 192 valence electrons. The normalized spacial score (nSPS) is 23.4. The zero-order chi connectivity index (χ0) is 25.8. The van der Waals surface area contributed by atoms with Crippen molar-refractivity contribution in [3.05, 3.63) is 68.9 Å². The van der Waals surface area contributed by atoms with E-state index >= 15 is 0 Å². The number of benzene rings is 1. The Hall–Kier alpha value is -2.74. The molecule has 3 N–H and O–H groups in total. The van der Waals surface area contributed by atoms with Crippen LogP contribution in [0, 0.1) is 17.8 Å². The third-order valence-corrected chi connectivity index (χ3v) is 8.23. The van der Waals surface area contributed by atoms with Crippen molar-refractivity contribution in [1.82, 2.24) is 4.90 Å². The maximum absolute atomic E-state index is 13.4. The van der Waals surface area contributed by atoms with Crippen LogP contribution in [0.5, 0.6) is 5.75 Å². The molecular formula is C29H35NO5S. The predicted octanol–water partition coefficient (Wildman–Crippen LogP) is 4.91. The van der Waals surface area contributed by atoms with Crippen LogP contribution in [0.25, 0.3) is 6.08 Å². The number of carbonyl (C=O) groups excluding carboxylic acids is 2. The van der Waals surface area contributed by atoms with Gasteiger partial charge in [0.2, 0.25) is 11.8 Å². The van der Waals surface area contributed by atoms with Crippen LogP contribution >= 0.6 is 11.3 Å². The molecule has 1 aliphatic carbocycles. The third kappa shape index (κ3) is 5.48. The second-order valence-electron chi connectivity index (χ2n) is 9.92. The molecule has 1 fully saturated rings. The highest BCUT2D eigenvalue weighted by Crippen LogP contribution is 2.47. The maximum atomic E-state index is 13.4. The first-order chi connectivity index (χ1) is 17.3. The van der Waals surface area contributed by atoms with Crippen LogP contribution in [-0.4, -0.2) is 44.7 Å². The number of imide groups is 1. The summed E-state index contributed by atoms with van der Waals surface area (Å²) in [5.74, 6) is -1.85. The van der Waals surface area contributed by atoms with E-state index in [0.29, 0.717) is 19.3 Å². The number of likely N-dealkylation sites (tertiary alicyclic amines) is 1. The molecule has 1 aliphatic heterocycles. The van der Waals surface area contributed by atoms with Crippen molar-refractivity contribution in [2.24, 2.45) is 17.8 Å². The van der Waals surface area contributed by atoms with Gasteiger partial charge in [0.15, 0.2) is 0 Å². The lowest BCUT2D eigenvalue weighted by atomic mass is 9.67. The fourth-order valence-corrected chi connectivity index (χ4v) is 6.46. The zero-order valence-electron chi connectivity index (χ0n) is 20.9. The monoisotopic (exact) mass is 509 g/mol. The molecule has 0 radical (unpaired) electrons. The Bertz CT molecular complexity index is 1150. The predicted molar refractivity (Wildman–Crippen MR) is 141 cm³/mol. The molecular weight excluding hydrogens is 474 g/mol. The first kappa shape index (κ1) is 26.3. The molecule has 2 amide bonds. The highest BCUT2D eigenvalue weighted by atomic mass is 32.1. The van der Waals surface area contributed by atoms with Gasteiger partial charge in [-0.3, -0.25) is 14.5 Å². The van der Waals surface area contributed by atoms with Gasteiger partial charge in [-0.2, -0.15) is 0 Å². The molecule has 36 heavy (non-hydrogen) atoms. The van der Waals surface area contributed by atoms with E-state index in [0.717, 1.165) is 40.0 Å². The molecule has 0 spiro atoms. The van der Waals surface area contributed by atoms with E-state index < -0.39 is 23.9 Å². The molecule has 2 heterocycles. The molecule has 1 aromatic heterocycles. The van der Waals surface area contributed by atoms with Crippen molar-refractivity contribution in [2.45, 2.75) is 58.6 Å². The number of aromatic hydroxyl groups is 1. The summed E-state index contributed by atoms with van der Waals surface area (Å²) in [7, 11) is 0. The standard InChI is InChI=1S/C29H35NO5S/c1-3-6-20-15-23-27(29(35)30(28(23)34)16-22-9-5-12-36-22)24(17-31)26(20)25(33)11-10-18(2)13-19-7-4-8-21(32)14-19/h4-5,7-9,12-14,23-25,27,31-33H,3,6,10-11,15-17H2,1-2H3/b18-13+/t23-,24+,25-,27-/m1/s1. The number of thiophene rings is 1. The fraction of sp³-hybridized carbons (Fsp3) is 0.448.